The smallest absolute Gasteiger partial charge is 0.294 e. The summed E-state index contributed by atoms with van der Waals surface area (Å²) in [5.41, 5.74) is 0.675. The van der Waals surface area contributed by atoms with Gasteiger partial charge in [-0.25, -0.2) is 0 Å². The Hall–Kier alpha value is -2.04. The Labute approximate surface area is 131 Å². The summed E-state index contributed by atoms with van der Waals surface area (Å²) in [7, 11) is 0. The molecule has 21 heavy (non-hydrogen) atoms. The fourth-order valence-corrected chi connectivity index (χ4v) is 2.96. The van der Waals surface area contributed by atoms with Crippen LogP contribution in [0.25, 0.3) is 0 Å². The van der Waals surface area contributed by atoms with Crippen molar-refractivity contribution in [1.29, 1.82) is 0 Å². The van der Waals surface area contributed by atoms with Crippen LogP contribution in [0.5, 0.6) is 0 Å². The molecule has 2 heterocycles. The molecule has 0 spiro atoms. The van der Waals surface area contributed by atoms with Gasteiger partial charge in [0.25, 0.3) is 5.91 Å². The SMILES string of the molecule is O=C(c1ccco1)N(Cc1cccs1)c1ccccc1Cl. The number of para-hydroxylation sites is 1. The predicted octanol–water partition coefficient (Wildman–Crippen LogP) is 4.84. The zero-order valence-electron chi connectivity index (χ0n) is 11.0. The summed E-state index contributed by atoms with van der Waals surface area (Å²) in [5.74, 6) is 0.0907. The van der Waals surface area contributed by atoms with Crippen LogP contribution in [0, 0.1) is 0 Å². The molecule has 2 aromatic heterocycles. The maximum absolute atomic E-state index is 12.7. The van der Waals surface area contributed by atoms with E-state index < -0.39 is 0 Å². The van der Waals surface area contributed by atoms with Crippen molar-refractivity contribution >= 4 is 34.5 Å². The third-order valence-corrected chi connectivity index (χ3v) is 4.20. The van der Waals surface area contributed by atoms with Gasteiger partial charge in [-0.1, -0.05) is 29.8 Å². The number of hydrogen-bond acceptors (Lipinski definition) is 3. The van der Waals surface area contributed by atoms with Crippen molar-refractivity contribution in [2.24, 2.45) is 0 Å². The average molecular weight is 318 g/mol. The van der Waals surface area contributed by atoms with Gasteiger partial charge in [0, 0.05) is 4.88 Å². The topological polar surface area (TPSA) is 33.5 Å². The molecule has 0 radical (unpaired) electrons. The Kier molecular flexibility index (Phi) is 4.08. The van der Waals surface area contributed by atoms with E-state index in [1.54, 1.807) is 34.4 Å². The highest BCUT2D eigenvalue weighted by molar-refractivity contribution is 7.09. The van der Waals surface area contributed by atoms with Crippen LogP contribution < -0.4 is 4.90 Å². The molecule has 0 bridgehead atoms. The molecule has 1 amide bonds. The lowest BCUT2D eigenvalue weighted by Gasteiger charge is -2.22. The molecule has 0 unspecified atom stereocenters. The van der Waals surface area contributed by atoms with E-state index in [0.29, 0.717) is 23.0 Å². The Morgan fingerprint density at radius 3 is 2.67 bits per heavy atom. The van der Waals surface area contributed by atoms with Crippen molar-refractivity contribution in [2.75, 3.05) is 4.90 Å². The number of anilines is 1. The lowest BCUT2D eigenvalue weighted by Crippen LogP contribution is -2.30. The van der Waals surface area contributed by atoms with Crippen LogP contribution >= 0.6 is 22.9 Å². The van der Waals surface area contributed by atoms with Gasteiger partial charge in [0.2, 0.25) is 0 Å². The molecule has 106 valence electrons. The highest BCUT2D eigenvalue weighted by atomic mass is 35.5. The van der Waals surface area contributed by atoms with Gasteiger partial charge < -0.3 is 4.42 Å². The maximum Gasteiger partial charge on any atom is 0.294 e. The van der Waals surface area contributed by atoms with Crippen LogP contribution in [-0.2, 0) is 6.54 Å². The van der Waals surface area contributed by atoms with Gasteiger partial charge in [0.05, 0.1) is 23.5 Å². The molecule has 0 atom stereocenters. The van der Waals surface area contributed by atoms with Crippen LogP contribution in [-0.4, -0.2) is 5.91 Å². The highest BCUT2D eigenvalue weighted by Crippen LogP contribution is 2.29. The number of carbonyl (C=O) groups excluding carboxylic acids is 1. The molecular formula is C16H12ClNO2S. The maximum atomic E-state index is 12.7. The number of amides is 1. The van der Waals surface area contributed by atoms with Gasteiger partial charge in [0.1, 0.15) is 0 Å². The second-order valence-corrected chi connectivity index (χ2v) is 5.84. The Bertz CT molecular complexity index is 723. The van der Waals surface area contributed by atoms with E-state index in [2.05, 4.69) is 0 Å². The van der Waals surface area contributed by atoms with Crippen molar-refractivity contribution in [3.05, 3.63) is 75.8 Å². The second-order valence-electron chi connectivity index (χ2n) is 4.40. The van der Waals surface area contributed by atoms with E-state index in [9.17, 15) is 4.79 Å². The largest absolute Gasteiger partial charge is 0.459 e. The van der Waals surface area contributed by atoms with Crippen LogP contribution in [0.4, 0.5) is 5.69 Å². The third kappa shape index (κ3) is 3.01. The summed E-state index contributed by atoms with van der Waals surface area (Å²) in [6.45, 7) is 0.459. The predicted molar refractivity (Wildman–Crippen MR) is 85.0 cm³/mol. The number of benzene rings is 1. The molecule has 0 aliphatic rings. The quantitative estimate of drug-likeness (QED) is 0.689. The third-order valence-electron chi connectivity index (χ3n) is 3.01. The number of nitrogens with zero attached hydrogens (tertiary/aromatic N) is 1. The lowest BCUT2D eigenvalue weighted by molar-refractivity contribution is 0.0958. The molecule has 3 aromatic rings. The molecule has 0 aliphatic heterocycles. The van der Waals surface area contributed by atoms with Gasteiger partial charge in [-0.15, -0.1) is 11.3 Å². The first-order valence-electron chi connectivity index (χ1n) is 6.38. The molecule has 0 fully saturated rings. The highest BCUT2D eigenvalue weighted by Gasteiger charge is 2.22. The van der Waals surface area contributed by atoms with E-state index >= 15 is 0 Å². The summed E-state index contributed by atoms with van der Waals surface area (Å²) in [4.78, 5) is 15.4. The van der Waals surface area contributed by atoms with Gasteiger partial charge in [-0.2, -0.15) is 0 Å². The molecule has 3 nitrogen and oxygen atoms in total. The van der Waals surface area contributed by atoms with Crippen LogP contribution in [0.3, 0.4) is 0 Å². The Morgan fingerprint density at radius 1 is 1.14 bits per heavy atom. The monoisotopic (exact) mass is 317 g/mol. The minimum absolute atomic E-state index is 0.207. The van der Waals surface area contributed by atoms with E-state index in [1.165, 1.54) is 6.26 Å². The first-order valence-corrected chi connectivity index (χ1v) is 7.64. The number of furan rings is 1. The van der Waals surface area contributed by atoms with Gasteiger partial charge in [-0.05, 0) is 35.7 Å². The molecule has 3 rings (SSSR count). The van der Waals surface area contributed by atoms with Crippen LogP contribution in [0.2, 0.25) is 5.02 Å². The number of carbonyl (C=O) groups is 1. The minimum Gasteiger partial charge on any atom is -0.459 e. The molecule has 0 saturated heterocycles. The number of halogens is 1. The normalized spacial score (nSPS) is 10.5. The fourth-order valence-electron chi connectivity index (χ4n) is 2.03. The van der Waals surface area contributed by atoms with Crippen molar-refractivity contribution in [3.8, 4) is 0 Å². The van der Waals surface area contributed by atoms with Gasteiger partial charge >= 0.3 is 0 Å². The molecule has 0 N–H and O–H groups in total. The van der Waals surface area contributed by atoms with Crippen molar-refractivity contribution < 1.29 is 9.21 Å². The van der Waals surface area contributed by atoms with Gasteiger partial charge in [0.15, 0.2) is 5.76 Å². The average Bonchev–Trinajstić information content (AvgIpc) is 3.18. The molecular weight excluding hydrogens is 306 g/mol. The molecule has 1 aromatic carbocycles. The first kappa shape index (κ1) is 13.9. The van der Waals surface area contributed by atoms with Crippen molar-refractivity contribution in [1.82, 2.24) is 0 Å². The minimum atomic E-state index is -0.207. The lowest BCUT2D eigenvalue weighted by atomic mass is 10.2. The molecule has 0 aliphatic carbocycles. The van der Waals surface area contributed by atoms with E-state index in [1.807, 2.05) is 35.7 Å². The van der Waals surface area contributed by atoms with E-state index in [4.69, 9.17) is 16.0 Å². The van der Waals surface area contributed by atoms with Gasteiger partial charge in [-0.3, -0.25) is 9.69 Å². The summed E-state index contributed by atoms with van der Waals surface area (Å²) in [6, 6.07) is 14.6. The van der Waals surface area contributed by atoms with Crippen molar-refractivity contribution in [3.63, 3.8) is 0 Å². The Morgan fingerprint density at radius 2 is 2.00 bits per heavy atom. The van der Waals surface area contributed by atoms with E-state index in [0.717, 1.165) is 4.88 Å². The van der Waals surface area contributed by atoms with Crippen molar-refractivity contribution in [2.45, 2.75) is 6.54 Å². The first-order chi connectivity index (χ1) is 10.3. The van der Waals surface area contributed by atoms with Crippen LogP contribution in [0.1, 0.15) is 15.4 Å². The summed E-state index contributed by atoms with van der Waals surface area (Å²) < 4.78 is 5.23. The molecule has 0 saturated carbocycles. The zero-order chi connectivity index (χ0) is 14.7. The summed E-state index contributed by atoms with van der Waals surface area (Å²) in [6.07, 6.45) is 1.49. The second kappa shape index (κ2) is 6.16. The number of thiophene rings is 1. The Balaban J connectivity index is 1.98. The summed E-state index contributed by atoms with van der Waals surface area (Å²) >= 11 is 7.84. The fraction of sp³-hybridized carbons (Fsp3) is 0.0625. The summed E-state index contributed by atoms with van der Waals surface area (Å²) in [5, 5.41) is 2.52. The van der Waals surface area contributed by atoms with E-state index in [-0.39, 0.29) is 5.91 Å². The number of hydrogen-bond donors (Lipinski definition) is 0. The standard InChI is InChI=1S/C16H12ClNO2S/c17-13-6-1-2-7-14(13)18(11-12-5-4-10-21-12)16(19)15-8-3-9-20-15/h1-10H,11H2. The molecule has 5 heteroatoms. The van der Waals surface area contributed by atoms with Crippen LogP contribution in [0.15, 0.2) is 64.6 Å². The zero-order valence-corrected chi connectivity index (χ0v) is 12.6. The number of rotatable bonds is 4.